The fourth-order valence-electron chi connectivity index (χ4n) is 2.66. The van der Waals surface area contributed by atoms with E-state index in [0.29, 0.717) is 25.1 Å². The Labute approximate surface area is 110 Å². The van der Waals surface area contributed by atoms with Crippen LogP contribution in [0.25, 0.3) is 0 Å². The molecule has 5 nitrogen and oxygen atoms in total. The van der Waals surface area contributed by atoms with Crippen LogP contribution in [0.5, 0.6) is 0 Å². The molecule has 1 saturated carbocycles. The van der Waals surface area contributed by atoms with Gasteiger partial charge in [-0.2, -0.15) is 5.26 Å². The predicted octanol–water partition coefficient (Wildman–Crippen LogP) is 1.12. The van der Waals surface area contributed by atoms with E-state index < -0.39 is 11.9 Å². The lowest BCUT2D eigenvalue weighted by molar-refractivity contribution is -0.142. The molecule has 0 unspecified atom stereocenters. The topological polar surface area (TPSA) is 81.4 Å². The quantitative estimate of drug-likeness (QED) is 0.859. The van der Waals surface area contributed by atoms with E-state index in [1.54, 1.807) is 11.0 Å². The highest BCUT2D eigenvalue weighted by Crippen LogP contribution is 2.41. The Morgan fingerprint density at radius 3 is 2.74 bits per heavy atom. The molecule has 1 aromatic carbocycles. The number of nitrogens with zero attached hydrogens (tertiary/aromatic N) is 2. The zero-order valence-electron chi connectivity index (χ0n) is 10.2. The van der Waals surface area contributed by atoms with E-state index in [9.17, 15) is 9.59 Å². The number of carbonyl (C=O) groups is 2. The van der Waals surface area contributed by atoms with Crippen LogP contribution >= 0.6 is 0 Å². The smallest absolute Gasteiger partial charge is 0.307 e. The molecule has 0 saturated heterocycles. The van der Waals surface area contributed by atoms with Crippen molar-refractivity contribution in [2.75, 3.05) is 0 Å². The van der Waals surface area contributed by atoms with Crippen molar-refractivity contribution in [2.24, 2.45) is 11.8 Å². The number of hydrogen-bond donors (Lipinski definition) is 1. The van der Waals surface area contributed by atoms with E-state index in [4.69, 9.17) is 10.4 Å². The summed E-state index contributed by atoms with van der Waals surface area (Å²) in [7, 11) is 0. The molecular weight excluding hydrogens is 244 g/mol. The van der Waals surface area contributed by atoms with Gasteiger partial charge in [0, 0.05) is 13.1 Å². The molecule has 1 aromatic rings. The number of carboxylic acid groups (broad SMARTS) is 1. The van der Waals surface area contributed by atoms with Crippen LogP contribution < -0.4 is 0 Å². The summed E-state index contributed by atoms with van der Waals surface area (Å²) >= 11 is 0. The van der Waals surface area contributed by atoms with Crippen LogP contribution in [0.2, 0.25) is 0 Å². The number of hydrogen-bond acceptors (Lipinski definition) is 3. The van der Waals surface area contributed by atoms with Crippen LogP contribution in [0.15, 0.2) is 18.2 Å². The first-order chi connectivity index (χ1) is 9.11. The molecule has 0 radical (unpaired) electrons. The molecule has 96 valence electrons. The number of benzene rings is 1. The Hall–Kier alpha value is -2.35. The minimum absolute atomic E-state index is 0.104. The maximum Gasteiger partial charge on any atom is 0.307 e. The summed E-state index contributed by atoms with van der Waals surface area (Å²) in [6.07, 6.45) is 0.437. The van der Waals surface area contributed by atoms with E-state index in [2.05, 4.69) is 6.07 Å². The van der Waals surface area contributed by atoms with Crippen molar-refractivity contribution in [3.05, 3.63) is 34.9 Å². The second-order valence-electron chi connectivity index (χ2n) is 5.04. The summed E-state index contributed by atoms with van der Waals surface area (Å²) < 4.78 is 0. The third-order valence-corrected chi connectivity index (χ3v) is 3.84. The molecule has 2 atom stereocenters. The van der Waals surface area contributed by atoms with Gasteiger partial charge in [0.05, 0.1) is 23.5 Å². The van der Waals surface area contributed by atoms with E-state index >= 15 is 0 Å². The largest absolute Gasteiger partial charge is 0.481 e. The summed E-state index contributed by atoms with van der Waals surface area (Å²) in [5.74, 6) is -1.90. The number of nitriles is 1. The van der Waals surface area contributed by atoms with Gasteiger partial charge >= 0.3 is 5.97 Å². The lowest BCUT2D eigenvalue weighted by Crippen LogP contribution is -2.28. The average Bonchev–Trinajstić information content (AvgIpc) is 3.09. The minimum Gasteiger partial charge on any atom is -0.481 e. The van der Waals surface area contributed by atoms with E-state index in [1.807, 2.05) is 12.1 Å². The Morgan fingerprint density at radius 1 is 1.32 bits per heavy atom. The monoisotopic (exact) mass is 256 g/mol. The van der Waals surface area contributed by atoms with E-state index in [-0.39, 0.29) is 11.8 Å². The van der Waals surface area contributed by atoms with E-state index in [0.717, 1.165) is 11.1 Å². The minimum atomic E-state index is -0.896. The molecule has 1 aliphatic carbocycles. The predicted molar refractivity (Wildman–Crippen MR) is 64.6 cm³/mol. The van der Waals surface area contributed by atoms with Crippen LogP contribution in [-0.2, 0) is 22.7 Å². The zero-order chi connectivity index (χ0) is 13.6. The van der Waals surface area contributed by atoms with Gasteiger partial charge in [0.25, 0.3) is 0 Å². The summed E-state index contributed by atoms with van der Waals surface area (Å²) in [6, 6.07) is 7.58. The molecule has 3 rings (SSSR count). The summed E-state index contributed by atoms with van der Waals surface area (Å²) in [6.45, 7) is 0.896. The Bertz CT molecular complexity index is 618. The zero-order valence-corrected chi connectivity index (χ0v) is 10.2. The van der Waals surface area contributed by atoms with Crippen molar-refractivity contribution >= 4 is 11.9 Å². The van der Waals surface area contributed by atoms with Gasteiger partial charge in [-0.05, 0) is 23.6 Å². The first kappa shape index (κ1) is 11.7. The van der Waals surface area contributed by atoms with Crippen LogP contribution in [0.1, 0.15) is 23.1 Å². The Kier molecular flexibility index (Phi) is 2.53. The highest BCUT2D eigenvalue weighted by atomic mass is 16.4. The highest BCUT2D eigenvalue weighted by Gasteiger charge is 2.50. The van der Waals surface area contributed by atoms with Crippen molar-refractivity contribution < 1.29 is 14.7 Å². The third kappa shape index (κ3) is 1.85. The van der Waals surface area contributed by atoms with Gasteiger partial charge in [0.2, 0.25) is 5.91 Å². The number of fused-ring (bicyclic) bond motifs is 1. The number of aliphatic carboxylic acids is 1. The lowest BCUT2D eigenvalue weighted by atomic mass is 10.1. The van der Waals surface area contributed by atoms with E-state index in [1.165, 1.54) is 0 Å². The first-order valence-electron chi connectivity index (χ1n) is 6.14. The van der Waals surface area contributed by atoms with Crippen molar-refractivity contribution in [3.63, 3.8) is 0 Å². The second kappa shape index (κ2) is 4.09. The van der Waals surface area contributed by atoms with Crippen molar-refractivity contribution in [3.8, 4) is 6.07 Å². The Morgan fingerprint density at radius 2 is 2.11 bits per heavy atom. The fraction of sp³-hybridized carbons (Fsp3) is 0.357. The van der Waals surface area contributed by atoms with Gasteiger partial charge in [-0.15, -0.1) is 0 Å². The molecule has 1 aliphatic heterocycles. The maximum atomic E-state index is 12.2. The van der Waals surface area contributed by atoms with Crippen molar-refractivity contribution in [2.45, 2.75) is 19.5 Å². The number of amides is 1. The van der Waals surface area contributed by atoms with Crippen LogP contribution in [0.3, 0.4) is 0 Å². The normalized spacial score (nSPS) is 23.6. The molecule has 2 aliphatic rings. The molecule has 0 bridgehead atoms. The first-order valence-corrected chi connectivity index (χ1v) is 6.14. The molecule has 1 N–H and O–H groups in total. The van der Waals surface area contributed by atoms with Gasteiger partial charge < -0.3 is 10.0 Å². The number of carbonyl (C=O) groups excluding carboxylic acids is 1. The van der Waals surface area contributed by atoms with Crippen LogP contribution in [0.4, 0.5) is 0 Å². The SMILES string of the molecule is N#Cc1cccc2c1CN(C(=O)[C@H]1C[C@H]1C(=O)O)C2. The maximum absolute atomic E-state index is 12.2. The molecule has 0 spiro atoms. The molecule has 1 amide bonds. The molecule has 1 heterocycles. The summed E-state index contributed by atoms with van der Waals surface area (Å²) in [4.78, 5) is 24.6. The Balaban J connectivity index is 1.76. The summed E-state index contributed by atoms with van der Waals surface area (Å²) in [5, 5.41) is 17.9. The van der Waals surface area contributed by atoms with Crippen LogP contribution in [-0.4, -0.2) is 21.9 Å². The molecule has 0 aromatic heterocycles. The summed E-state index contributed by atoms with van der Waals surface area (Å²) in [5.41, 5.74) is 2.48. The van der Waals surface area contributed by atoms with Gasteiger partial charge in [0.1, 0.15) is 0 Å². The van der Waals surface area contributed by atoms with Crippen LogP contribution in [0, 0.1) is 23.2 Å². The second-order valence-corrected chi connectivity index (χ2v) is 5.04. The number of rotatable bonds is 2. The molecular formula is C14H12N2O3. The van der Waals surface area contributed by atoms with Gasteiger partial charge in [0.15, 0.2) is 0 Å². The molecule has 1 fully saturated rings. The highest BCUT2D eigenvalue weighted by molar-refractivity contribution is 5.89. The van der Waals surface area contributed by atoms with Crippen molar-refractivity contribution in [1.29, 1.82) is 5.26 Å². The molecule has 5 heteroatoms. The van der Waals surface area contributed by atoms with Gasteiger partial charge in [-0.1, -0.05) is 12.1 Å². The standard InChI is InChI=1S/C14H12N2O3/c15-5-8-2-1-3-9-6-16(7-12(8)9)13(17)10-4-11(10)14(18)19/h1-3,10-11H,4,6-7H2,(H,18,19)/t10-,11+/m0/s1. The molecule has 19 heavy (non-hydrogen) atoms. The third-order valence-electron chi connectivity index (χ3n) is 3.84. The van der Waals surface area contributed by atoms with Gasteiger partial charge in [-0.3, -0.25) is 9.59 Å². The average molecular weight is 256 g/mol. The lowest BCUT2D eigenvalue weighted by Gasteiger charge is -2.14. The van der Waals surface area contributed by atoms with Gasteiger partial charge in [-0.25, -0.2) is 0 Å². The number of carboxylic acids is 1. The fourth-order valence-corrected chi connectivity index (χ4v) is 2.66. The van der Waals surface area contributed by atoms with Crippen molar-refractivity contribution in [1.82, 2.24) is 4.90 Å².